The van der Waals surface area contributed by atoms with Crippen molar-refractivity contribution in [3.05, 3.63) is 5.56 Å². The molecule has 21 heavy (non-hydrogen) atoms. The van der Waals surface area contributed by atoms with Crippen molar-refractivity contribution in [3.8, 4) is 0 Å². The first kappa shape index (κ1) is 17.1. The molecule has 0 fully saturated rings. The lowest BCUT2D eigenvalue weighted by atomic mass is 10.1. The minimum atomic E-state index is -4.30. The smallest absolute Gasteiger partial charge is 0.390 e. The fourth-order valence-electron chi connectivity index (χ4n) is 1.69. The average Bonchev–Trinajstić information content (AvgIpc) is 2.63. The number of anilines is 2. The van der Waals surface area contributed by atoms with Crippen molar-refractivity contribution in [2.45, 2.75) is 38.9 Å². The summed E-state index contributed by atoms with van der Waals surface area (Å²) in [4.78, 5) is 11.7. The molecule has 0 aliphatic rings. The molecule has 1 heterocycles. The van der Waals surface area contributed by atoms with Crippen molar-refractivity contribution in [1.29, 1.82) is 0 Å². The Hall–Kier alpha value is -1.93. The molecule has 0 bridgehead atoms. The molecule has 0 atom stereocenters. The molecule has 0 aliphatic heterocycles. The maximum atomic E-state index is 12.2. The molecule has 0 spiro atoms. The molecule has 1 aromatic rings. The average molecular weight is 308 g/mol. The van der Waals surface area contributed by atoms with E-state index in [1.165, 1.54) is 4.68 Å². The molecule has 6 nitrogen and oxygen atoms in total. The van der Waals surface area contributed by atoms with Gasteiger partial charge in [-0.1, -0.05) is 0 Å². The highest BCUT2D eigenvalue weighted by molar-refractivity contribution is 5.99. The fraction of sp³-hybridized carbons (Fsp3) is 0.667. The first-order chi connectivity index (χ1) is 9.47. The van der Waals surface area contributed by atoms with Crippen molar-refractivity contribution < 1.29 is 22.7 Å². The number of hydrogen-bond acceptors (Lipinski definition) is 5. The molecule has 0 saturated heterocycles. The van der Waals surface area contributed by atoms with Gasteiger partial charge in [0.05, 0.1) is 19.1 Å². The van der Waals surface area contributed by atoms with Gasteiger partial charge in [-0.05, 0) is 20.8 Å². The Morgan fingerprint density at radius 3 is 2.38 bits per heavy atom. The maximum Gasteiger partial charge on any atom is 0.390 e. The second-order valence-electron chi connectivity index (χ2n) is 5.48. The molecule has 0 aromatic carbocycles. The van der Waals surface area contributed by atoms with Gasteiger partial charge < -0.3 is 15.8 Å². The number of nitrogens with one attached hydrogen (secondary N) is 1. The van der Waals surface area contributed by atoms with Crippen LogP contribution in [0.25, 0.3) is 0 Å². The van der Waals surface area contributed by atoms with Crippen LogP contribution < -0.4 is 11.1 Å². The Morgan fingerprint density at radius 1 is 1.38 bits per heavy atom. The second kappa shape index (κ2) is 5.82. The number of aromatic nitrogens is 2. The van der Waals surface area contributed by atoms with Crippen LogP contribution in [0.3, 0.4) is 0 Å². The lowest BCUT2D eigenvalue weighted by Gasteiger charge is -2.20. The van der Waals surface area contributed by atoms with Gasteiger partial charge in [-0.15, -0.1) is 0 Å². The van der Waals surface area contributed by atoms with Crippen LogP contribution in [0, 0.1) is 0 Å². The second-order valence-corrected chi connectivity index (χ2v) is 5.48. The Labute approximate surface area is 120 Å². The number of esters is 1. The summed E-state index contributed by atoms with van der Waals surface area (Å²) >= 11 is 0. The zero-order chi connectivity index (χ0) is 16.4. The Morgan fingerprint density at radius 2 is 1.95 bits per heavy atom. The van der Waals surface area contributed by atoms with Crippen molar-refractivity contribution in [3.63, 3.8) is 0 Å². The predicted molar refractivity (Wildman–Crippen MR) is 72.1 cm³/mol. The standard InChI is InChI=1S/C12H19F3N4O2/c1-11(2,3)19-8(16)7(10(20)21-4)9(18-19)17-6-5-12(13,14)15/h5-6,16H2,1-4H3,(H,17,18). The highest BCUT2D eigenvalue weighted by atomic mass is 19.4. The van der Waals surface area contributed by atoms with Crippen LogP contribution in [0.5, 0.6) is 0 Å². The normalized spacial score (nSPS) is 12.3. The van der Waals surface area contributed by atoms with Crippen LogP contribution >= 0.6 is 0 Å². The lowest BCUT2D eigenvalue weighted by molar-refractivity contribution is -0.131. The highest BCUT2D eigenvalue weighted by Gasteiger charge is 2.30. The molecule has 0 radical (unpaired) electrons. The summed E-state index contributed by atoms with van der Waals surface area (Å²) < 4.78 is 42.5. The predicted octanol–water partition coefficient (Wildman–Crippen LogP) is 2.37. The van der Waals surface area contributed by atoms with E-state index in [-0.39, 0.29) is 17.2 Å². The lowest BCUT2D eigenvalue weighted by Crippen LogP contribution is -2.25. The third kappa shape index (κ3) is 4.27. The van der Waals surface area contributed by atoms with Gasteiger partial charge in [0.25, 0.3) is 0 Å². The number of methoxy groups -OCH3 is 1. The summed E-state index contributed by atoms with van der Waals surface area (Å²) in [6, 6.07) is 0. The summed E-state index contributed by atoms with van der Waals surface area (Å²) in [6.07, 6.45) is -5.34. The van der Waals surface area contributed by atoms with Gasteiger partial charge in [0.1, 0.15) is 11.4 Å². The monoisotopic (exact) mass is 308 g/mol. The summed E-state index contributed by atoms with van der Waals surface area (Å²) in [5, 5.41) is 6.57. The molecule has 0 saturated carbocycles. The Bertz CT molecular complexity index is 518. The molecular formula is C12H19F3N4O2. The minimum absolute atomic E-state index is 0.0153. The summed E-state index contributed by atoms with van der Waals surface area (Å²) in [5.41, 5.74) is 5.27. The maximum absolute atomic E-state index is 12.2. The van der Waals surface area contributed by atoms with Crippen molar-refractivity contribution in [1.82, 2.24) is 9.78 Å². The molecule has 1 rings (SSSR count). The first-order valence-corrected chi connectivity index (χ1v) is 6.25. The van der Waals surface area contributed by atoms with Gasteiger partial charge in [0.15, 0.2) is 5.82 Å². The molecule has 0 amide bonds. The van der Waals surface area contributed by atoms with E-state index in [1.54, 1.807) is 20.8 Å². The molecule has 3 N–H and O–H groups in total. The number of ether oxygens (including phenoxy) is 1. The van der Waals surface area contributed by atoms with E-state index in [9.17, 15) is 18.0 Å². The third-order valence-electron chi connectivity index (χ3n) is 2.65. The van der Waals surface area contributed by atoms with Crippen LogP contribution in [-0.4, -0.2) is 35.6 Å². The van der Waals surface area contributed by atoms with E-state index in [0.717, 1.165) is 7.11 Å². The number of alkyl halides is 3. The summed E-state index contributed by atoms with van der Waals surface area (Å²) in [7, 11) is 1.16. The van der Waals surface area contributed by atoms with Crippen LogP contribution in [-0.2, 0) is 10.3 Å². The van der Waals surface area contributed by atoms with Crippen molar-refractivity contribution >= 4 is 17.6 Å². The van der Waals surface area contributed by atoms with E-state index < -0.39 is 30.7 Å². The van der Waals surface area contributed by atoms with Gasteiger partial charge in [0, 0.05) is 6.54 Å². The molecule has 0 aliphatic carbocycles. The van der Waals surface area contributed by atoms with Crippen LogP contribution in [0.15, 0.2) is 0 Å². The zero-order valence-corrected chi connectivity index (χ0v) is 12.3. The van der Waals surface area contributed by atoms with Crippen molar-refractivity contribution in [2.75, 3.05) is 24.7 Å². The highest BCUT2D eigenvalue weighted by Crippen LogP contribution is 2.28. The summed E-state index contributed by atoms with van der Waals surface area (Å²) in [5.74, 6) is -0.722. The number of hydrogen-bond donors (Lipinski definition) is 2. The number of rotatable bonds is 4. The summed E-state index contributed by atoms with van der Waals surface area (Å²) in [6.45, 7) is 5.00. The quantitative estimate of drug-likeness (QED) is 0.835. The molecule has 1 aromatic heterocycles. The van der Waals surface area contributed by atoms with E-state index >= 15 is 0 Å². The SMILES string of the molecule is COC(=O)c1c(NCCC(F)(F)F)nn(C(C)(C)C)c1N. The van der Waals surface area contributed by atoms with Gasteiger partial charge in [-0.25, -0.2) is 9.48 Å². The van der Waals surface area contributed by atoms with Gasteiger partial charge in [-0.3, -0.25) is 0 Å². The Balaban J connectivity index is 3.09. The largest absolute Gasteiger partial charge is 0.465 e. The first-order valence-electron chi connectivity index (χ1n) is 6.25. The number of nitrogen functional groups attached to an aromatic ring is 1. The van der Waals surface area contributed by atoms with Crippen molar-refractivity contribution in [2.24, 2.45) is 0 Å². The number of nitrogens with two attached hydrogens (primary N) is 1. The van der Waals surface area contributed by atoms with E-state index in [2.05, 4.69) is 15.2 Å². The van der Waals surface area contributed by atoms with Gasteiger partial charge in [0.2, 0.25) is 0 Å². The van der Waals surface area contributed by atoms with Crippen LogP contribution in [0.1, 0.15) is 37.6 Å². The molecular weight excluding hydrogens is 289 g/mol. The number of carbonyl (C=O) groups is 1. The minimum Gasteiger partial charge on any atom is -0.465 e. The van der Waals surface area contributed by atoms with Gasteiger partial charge >= 0.3 is 12.1 Å². The van der Waals surface area contributed by atoms with E-state index in [1.807, 2.05) is 0 Å². The number of nitrogens with zero attached hydrogens (tertiary/aromatic N) is 2. The zero-order valence-electron chi connectivity index (χ0n) is 12.3. The topological polar surface area (TPSA) is 82.2 Å². The number of carbonyl (C=O) groups excluding carboxylic acids is 1. The van der Waals surface area contributed by atoms with Crippen LogP contribution in [0.4, 0.5) is 24.8 Å². The van der Waals surface area contributed by atoms with Crippen LogP contribution in [0.2, 0.25) is 0 Å². The molecule has 9 heteroatoms. The third-order valence-corrected chi connectivity index (χ3v) is 2.65. The molecule has 0 unspecified atom stereocenters. The number of halogens is 3. The van der Waals surface area contributed by atoms with E-state index in [4.69, 9.17) is 5.73 Å². The van der Waals surface area contributed by atoms with Gasteiger partial charge in [-0.2, -0.15) is 18.3 Å². The fourth-order valence-corrected chi connectivity index (χ4v) is 1.69. The molecule has 120 valence electrons. The van der Waals surface area contributed by atoms with E-state index in [0.29, 0.717) is 0 Å². The Kier molecular flexibility index (Phi) is 4.75.